The number of carbonyl (C=O) groups excluding carboxylic acids is 2. The Labute approximate surface area is 196 Å². The topological polar surface area (TPSA) is 94.9 Å². The molecule has 0 saturated carbocycles. The number of rotatable bonds is 3. The lowest BCUT2D eigenvalue weighted by atomic mass is 10.0. The predicted molar refractivity (Wildman–Crippen MR) is 117 cm³/mol. The summed E-state index contributed by atoms with van der Waals surface area (Å²) in [6.07, 6.45) is -5.43. The third-order valence-electron chi connectivity index (χ3n) is 5.71. The maximum atomic E-state index is 13.3. The van der Waals surface area contributed by atoms with E-state index in [1.165, 1.54) is 6.07 Å². The Kier molecular flexibility index (Phi) is 7.31. The third-order valence-corrected chi connectivity index (χ3v) is 5.71. The highest BCUT2D eigenvalue weighted by molar-refractivity contribution is 5.82. The predicted octanol–water partition coefficient (Wildman–Crippen LogP) is 3.64. The zero-order chi connectivity index (χ0) is 25.3. The van der Waals surface area contributed by atoms with Crippen molar-refractivity contribution in [1.82, 2.24) is 10.2 Å². The number of likely N-dealkylation sites (tertiary alicyclic amines) is 1. The molecule has 0 aliphatic carbocycles. The van der Waals surface area contributed by atoms with Crippen LogP contribution in [0.3, 0.4) is 0 Å². The Morgan fingerprint density at radius 2 is 1.85 bits per heavy atom. The van der Waals surface area contributed by atoms with E-state index in [4.69, 9.17) is 14.7 Å². The number of amides is 2. The maximum absolute atomic E-state index is 13.3. The van der Waals surface area contributed by atoms with Crippen molar-refractivity contribution in [3.8, 4) is 6.07 Å². The second-order valence-corrected chi connectivity index (χ2v) is 9.47. The van der Waals surface area contributed by atoms with Gasteiger partial charge in [0.2, 0.25) is 0 Å². The van der Waals surface area contributed by atoms with Gasteiger partial charge in [0.05, 0.1) is 23.7 Å². The van der Waals surface area contributed by atoms with E-state index < -0.39 is 35.2 Å². The number of nitrogens with zero attached hydrogens (tertiary/aromatic N) is 3. The first kappa shape index (κ1) is 25.6. The van der Waals surface area contributed by atoms with Crippen LogP contribution in [0.4, 0.5) is 23.7 Å². The average Bonchev–Trinajstić information content (AvgIpc) is 3.13. The first-order valence-electron chi connectivity index (χ1n) is 11.1. The standard InChI is InChI=1S/C23H29F3N4O4/c1-14-30(17-6-5-15(12-27)18(11-17)23(24,25)26)13-19(33-14)20(31)28-16-7-9-29(10-8-16)21(32)34-22(2,3)4/h5-6,11,14,16,19H,7-10,13H2,1-4H3,(H,28,31)/t14-,19+/m1/s1. The highest BCUT2D eigenvalue weighted by Crippen LogP contribution is 2.36. The SMILES string of the molecule is C[C@H]1O[C@H](C(=O)NC2CCN(C(=O)OC(C)(C)C)CC2)CN1c1ccc(C#N)c(C(F)(F)F)c1. The summed E-state index contributed by atoms with van der Waals surface area (Å²) in [4.78, 5) is 28.1. The lowest BCUT2D eigenvalue weighted by molar-refractivity contribution is -0.137. The van der Waals surface area contributed by atoms with Gasteiger partial charge in [0.1, 0.15) is 11.8 Å². The Balaban J connectivity index is 1.58. The number of nitrogens with one attached hydrogen (secondary N) is 1. The van der Waals surface area contributed by atoms with Crippen molar-refractivity contribution in [2.75, 3.05) is 24.5 Å². The molecular weight excluding hydrogens is 453 g/mol. The maximum Gasteiger partial charge on any atom is 0.417 e. The van der Waals surface area contributed by atoms with Crippen LogP contribution in [-0.2, 0) is 20.4 Å². The molecule has 0 bridgehead atoms. The van der Waals surface area contributed by atoms with Gasteiger partial charge in [-0.3, -0.25) is 4.79 Å². The smallest absolute Gasteiger partial charge is 0.417 e. The van der Waals surface area contributed by atoms with Crippen LogP contribution in [0.25, 0.3) is 0 Å². The van der Waals surface area contributed by atoms with Gasteiger partial charge in [-0.2, -0.15) is 18.4 Å². The van der Waals surface area contributed by atoms with Crippen LogP contribution in [0.15, 0.2) is 18.2 Å². The van der Waals surface area contributed by atoms with Gasteiger partial charge in [0, 0.05) is 24.8 Å². The van der Waals surface area contributed by atoms with E-state index in [0.29, 0.717) is 25.9 Å². The van der Waals surface area contributed by atoms with Gasteiger partial charge in [0.25, 0.3) is 5.91 Å². The normalized spacial score (nSPS) is 21.8. The molecule has 3 rings (SSSR count). The van der Waals surface area contributed by atoms with E-state index in [1.807, 2.05) is 0 Å². The molecule has 2 amide bonds. The summed E-state index contributed by atoms with van der Waals surface area (Å²) in [5.41, 5.74) is -1.85. The second kappa shape index (κ2) is 9.70. The number of alkyl halides is 3. The summed E-state index contributed by atoms with van der Waals surface area (Å²) in [5, 5.41) is 11.9. The fourth-order valence-corrected chi connectivity index (χ4v) is 4.01. The lowest BCUT2D eigenvalue weighted by Crippen LogP contribution is -2.50. The molecule has 2 saturated heterocycles. The minimum absolute atomic E-state index is 0.0763. The van der Waals surface area contributed by atoms with Crippen LogP contribution in [-0.4, -0.2) is 60.5 Å². The summed E-state index contributed by atoms with van der Waals surface area (Å²) in [6.45, 7) is 8.01. The van der Waals surface area contributed by atoms with Crippen molar-refractivity contribution >= 4 is 17.7 Å². The molecule has 1 aromatic carbocycles. The van der Waals surface area contributed by atoms with Crippen molar-refractivity contribution in [3.63, 3.8) is 0 Å². The number of hydrogen-bond acceptors (Lipinski definition) is 6. The summed E-state index contributed by atoms with van der Waals surface area (Å²) in [6, 6.07) is 4.86. The van der Waals surface area contributed by atoms with E-state index in [1.54, 1.807) is 43.6 Å². The number of hydrogen-bond donors (Lipinski definition) is 1. The van der Waals surface area contributed by atoms with Crippen LogP contribution in [0.5, 0.6) is 0 Å². The zero-order valence-corrected chi connectivity index (χ0v) is 19.6. The quantitative estimate of drug-likeness (QED) is 0.707. The van der Waals surface area contributed by atoms with Gasteiger partial charge in [-0.1, -0.05) is 0 Å². The summed E-state index contributed by atoms with van der Waals surface area (Å²) in [5.74, 6) is -0.352. The molecule has 0 radical (unpaired) electrons. The van der Waals surface area contributed by atoms with Gasteiger partial charge in [-0.15, -0.1) is 0 Å². The fraction of sp³-hybridized carbons (Fsp3) is 0.609. The summed E-state index contributed by atoms with van der Waals surface area (Å²) in [7, 11) is 0. The number of ether oxygens (including phenoxy) is 2. The molecule has 0 unspecified atom stereocenters. The molecular formula is C23H29F3N4O4. The van der Waals surface area contributed by atoms with Crippen LogP contribution < -0.4 is 10.2 Å². The van der Waals surface area contributed by atoms with E-state index in [9.17, 15) is 22.8 Å². The Morgan fingerprint density at radius 3 is 2.41 bits per heavy atom. The number of anilines is 1. The zero-order valence-electron chi connectivity index (χ0n) is 19.6. The molecule has 0 aromatic heterocycles. The van der Waals surface area contributed by atoms with Crippen molar-refractivity contribution in [1.29, 1.82) is 5.26 Å². The molecule has 8 nitrogen and oxygen atoms in total. The Bertz CT molecular complexity index is 962. The van der Waals surface area contributed by atoms with Crippen LogP contribution in [0.1, 0.15) is 51.7 Å². The fourth-order valence-electron chi connectivity index (χ4n) is 4.01. The van der Waals surface area contributed by atoms with Gasteiger partial charge in [-0.05, 0) is 58.7 Å². The minimum Gasteiger partial charge on any atom is -0.444 e. The van der Waals surface area contributed by atoms with E-state index in [-0.39, 0.29) is 30.3 Å². The van der Waals surface area contributed by atoms with Gasteiger partial charge in [-0.25, -0.2) is 4.79 Å². The molecule has 2 aliphatic heterocycles. The largest absolute Gasteiger partial charge is 0.444 e. The molecule has 0 spiro atoms. The molecule has 11 heteroatoms. The molecule has 1 aromatic rings. The van der Waals surface area contributed by atoms with E-state index in [0.717, 1.165) is 12.1 Å². The number of nitriles is 1. The molecule has 186 valence electrons. The molecule has 2 fully saturated rings. The first-order valence-corrected chi connectivity index (χ1v) is 11.1. The van der Waals surface area contributed by atoms with Crippen molar-refractivity contribution in [2.24, 2.45) is 0 Å². The number of piperidine rings is 1. The Morgan fingerprint density at radius 1 is 1.21 bits per heavy atom. The van der Waals surface area contributed by atoms with Crippen LogP contribution >= 0.6 is 0 Å². The second-order valence-electron chi connectivity index (χ2n) is 9.47. The van der Waals surface area contributed by atoms with E-state index in [2.05, 4.69) is 5.32 Å². The van der Waals surface area contributed by atoms with Gasteiger partial charge in [0.15, 0.2) is 6.10 Å². The number of carbonyl (C=O) groups is 2. The minimum atomic E-state index is -4.67. The van der Waals surface area contributed by atoms with Gasteiger partial charge >= 0.3 is 12.3 Å². The third kappa shape index (κ3) is 6.11. The molecule has 2 aliphatic rings. The first-order chi connectivity index (χ1) is 15.8. The average molecular weight is 483 g/mol. The van der Waals surface area contributed by atoms with Crippen molar-refractivity contribution in [2.45, 2.75) is 70.7 Å². The highest BCUT2D eigenvalue weighted by atomic mass is 19.4. The molecule has 2 atom stereocenters. The van der Waals surface area contributed by atoms with Crippen LogP contribution in [0.2, 0.25) is 0 Å². The van der Waals surface area contributed by atoms with Crippen molar-refractivity contribution < 1.29 is 32.2 Å². The molecule has 2 heterocycles. The number of halogens is 3. The summed E-state index contributed by atoms with van der Waals surface area (Å²) >= 11 is 0. The van der Waals surface area contributed by atoms with E-state index >= 15 is 0 Å². The lowest BCUT2D eigenvalue weighted by Gasteiger charge is -2.34. The number of benzene rings is 1. The van der Waals surface area contributed by atoms with Gasteiger partial charge < -0.3 is 24.6 Å². The van der Waals surface area contributed by atoms with Crippen molar-refractivity contribution in [3.05, 3.63) is 29.3 Å². The Hall–Kier alpha value is -3.00. The highest BCUT2D eigenvalue weighted by Gasteiger charge is 2.39. The summed E-state index contributed by atoms with van der Waals surface area (Å²) < 4.78 is 51.1. The molecule has 1 N–H and O–H groups in total. The molecule has 34 heavy (non-hydrogen) atoms. The monoisotopic (exact) mass is 482 g/mol. The van der Waals surface area contributed by atoms with Crippen LogP contribution in [0, 0.1) is 11.3 Å².